The van der Waals surface area contributed by atoms with E-state index in [9.17, 15) is 14.4 Å². The Hall–Kier alpha value is -2.37. The van der Waals surface area contributed by atoms with Gasteiger partial charge in [0.1, 0.15) is 6.10 Å². The van der Waals surface area contributed by atoms with Gasteiger partial charge in [0.25, 0.3) is 5.91 Å². The molecule has 0 aliphatic carbocycles. The molecule has 1 N–H and O–H groups in total. The van der Waals surface area contributed by atoms with E-state index in [1.165, 1.54) is 6.92 Å². The van der Waals surface area contributed by atoms with E-state index >= 15 is 0 Å². The molecule has 1 heterocycles. The van der Waals surface area contributed by atoms with Gasteiger partial charge in [-0.05, 0) is 12.1 Å². The Balaban J connectivity index is 2.00. The predicted molar refractivity (Wildman–Crippen MR) is 66.4 cm³/mol. The van der Waals surface area contributed by atoms with Crippen molar-refractivity contribution in [3.63, 3.8) is 0 Å². The summed E-state index contributed by atoms with van der Waals surface area (Å²) in [5.74, 6) is -0.597. The lowest BCUT2D eigenvalue weighted by molar-refractivity contribution is -0.119. The molecule has 3 amide bonds. The normalized spacial score (nSPS) is 18.1. The molecule has 1 aromatic rings. The largest absolute Gasteiger partial charge is 0.442 e. The Morgan fingerprint density at radius 1 is 1.37 bits per heavy atom. The van der Waals surface area contributed by atoms with Crippen LogP contribution in [0.4, 0.5) is 4.79 Å². The third-order valence-corrected chi connectivity index (χ3v) is 2.72. The van der Waals surface area contributed by atoms with Crippen LogP contribution in [0, 0.1) is 0 Å². The summed E-state index contributed by atoms with van der Waals surface area (Å²) in [5, 5.41) is 2.55. The van der Waals surface area contributed by atoms with Gasteiger partial charge < -0.3 is 10.1 Å². The second kappa shape index (κ2) is 5.51. The molecule has 0 spiro atoms. The van der Waals surface area contributed by atoms with Gasteiger partial charge in [0.15, 0.2) is 0 Å². The van der Waals surface area contributed by atoms with Crippen molar-refractivity contribution in [1.82, 2.24) is 10.2 Å². The van der Waals surface area contributed by atoms with Crippen LogP contribution in [0.3, 0.4) is 0 Å². The summed E-state index contributed by atoms with van der Waals surface area (Å²) in [6.45, 7) is 1.73. The highest BCUT2D eigenvalue weighted by atomic mass is 16.6. The van der Waals surface area contributed by atoms with Crippen LogP contribution in [0.2, 0.25) is 0 Å². The molecule has 1 aromatic carbocycles. The lowest BCUT2D eigenvalue weighted by atomic mass is 10.2. The molecule has 6 nitrogen and oxygen atoms in total. The van der Waals surface area contributed by atoms with Crippen molar-refractivity contribution < 1.29 is 19.1 Å². The number of benzene rings is 1. The molecule has 0 radical (unpaired) electrons. The number of nitrogens with zero attached hydrogens (tertiary/aromatic N) is 1. The number of carbonyl (C=O) groups is 3. The fraction of sp³-hybridized carbons (Fsp3) is 0.308. The monoisotopic (exact) mass is 262 g/mol. The van der Waals surface area contributed by atoms with Crippen LogP contribution in [0.15, 0.2) is 30.3 Å². The third-order valence-electron chi connectivity index (χ3n) is 2.72. The van der Waals surface area contributed by atoms with E-state index in [1.54, 1.807) is 30.3 Å². The van der Waals surface area contributed by atoms with Crippen molar-refractivity contribution in [1.29, 1.82) is 0 Å². The zero-order valence-electron chi connectivity index (χ0n) is 10.5. The number of ether oxygens (including phenoxy) is 1. The van der Waals surface area contributed by atoms with Gasteiger partial charge >= 0.3 is 6.09 Å². The summed E-state index contributed by atoms with van der Waals surface area (Å²) in [6.07, 6.45) is -1.17. The number of rotatable bonds is 3. The molecular weight excluding hydrogens is 248 g/mol. The zero-order valence-corrected chi connectivity index (χ0v) is 10.5. The minimum Gasteiger partial charge on any atom is -0.442 e. The minimum absolute atomic E-state index is 0.146. The second-order valence-corrected chi connectivity index (χ2v) is 4.22. The van der Waals surface area contributed by atoms with E-state index in [0.29, 0.717) is 5.56 Å². The van der Waals surface area contributed by atoms with Crippen molar-refractivity contribution in [2.24, 2.45) is 0 Å². The van der Waals surface area contributed by atoms with Crippen molar-refractivity contribution in [2.45, 2.75) is 13.0 Å². The predicted octanol–water partition coefficient (Wildman–Crippen LogP) is 0.784. The van der Waals surface area contributed by atoms with E-state index < -0.39 is 18.1 Å². The highest BCUT2D eigenvalue weighted by Crippen LogP contribution is 2.14. The van der Waals surface area contributed by atoms with E-state index in [0.717, 1.165) is 4.90 Å². The van der Waals surface area contributed by atoms with Crippen molar-refractivity contribution in [3.8, 4) is 0 Å². The van der Waals surface area contributed by atoms with Gasteiger partial charge in [0, 0.05) is 12.5 Å². The molecule has 19 heavy (non-hydrogen) atoms. The first-order valence-electron chi connectivity index (χ1n) is 5.90. The average Bonchev–Trinajstić information content (AvgIpc) is 2.78. The first kappa shape index (κ1) is 13.1. The van der Waals surface area contributed by atoms with Gasteiger partial charge in [-0.2, -0.15) is 0 Å². The Labute approximate surface area is 110 Å². The highest BCUT2D eigenvalue weighted by Gasteiger charge is 2.35. The third kappa shape index (κ3) is 3.09. The van der Waals surface area contributed by atoms with Crippen LogP contribution in [0.1, 0.15) is 17.3 Å². The first-order valence-corrected chi connectivity index (χ1v) is 5.90. The molecule has 1 aliphatic heterocycles. The molecule has 0 bridgehead atoms. The van der Waals surface area contributed by atoms with Crippen LogP contribution < -0.4 is 5.32 Å². The topological polar surface area (TPSA) is 75.7 Å². The van der Waals surface area contributed by atoms with Gasteiger partial charge in [-0.1, -0.05) is 18.2 Å². The summed E-state index contributed by atoms with van der Waals surface area (Å²) >= 11 is 0. The molecule has 6 heteroatoms. The van der Waals surface area contributed by atoms with Crippen molar-refractivity contribution >= 4 is 17.9 Å². The van der Waals surface area contributed by atoms with Crippen LogP contribution >= 0.6 is 0 Å². The molecule has 0 aromatic heterocycles. The Kier molecular flexibility index (Phi) is 3.79. The number of cyclic esters (lactones) is 1. The number of nitrogens with one attached hydrogen (secondary N) is 1. The molecule has 1 unspecified atom stereocenters. The lowest BCUT2D eigenvalue weighted by Gasteiger charge is -2.11. The van der Waals surface area contributed by atoms with E-state index in [1.807, 2.05) is 0 Å². The lowest BCUT2D eigenvalue weighted by Crippen LogP contribution is -2.35. The Morgan fingerprint density at radius 3 is 2.68 bits per heavy atom. The summed E-state index contributed by atoms with van der Waals surface area (Å²) in [5.41, 5.74) is 0.430. The average molecular weight is 262 g/mol. The van der Waals surface area contributed by atoms with E-state index in [-0.39, 0.29) is 19.0 Å². The summed E-state index contributed by atoms with van der Waals surface area (Å²) in [7, 11) is 0. The van der Waals surface area contributed by atoms with Crippen LogP contribution in [-0.4, -0.2) is 42.0 Å². The number of amides is 3. The molecule has 1 aliphatic rings. The maximum atomic E-state index is 12.1. The number of hydrogen-bond acceptors (Lipinski definition) is 4. The molecule has 1 saturated heterocycles. The SMILES string of the molecule is CC(=O)NCC1CN(C(=O)c2ccccc2)C(=O)O1. The Morgan fingerprint density at radius 2 is 2.05 bits per heavy atom. The van der Waals surface area contributed by atoms with Crippen LogP contribution in [0.25, 0.3) is 0 Å². The number of carbonyl (C=O) groups excluding carboxylic acids is 3. The van der Waals surface area contributed by atoms with Crippen LogP contribution in [0.5, 0.6) is 0 Å². The summed E-state index contributed by atoms with van der Waals surface area (Å²) in [4.78, 5) is 35.5. The minimum atomic E-state index is -0.677. The summed E-state index contributed by atoms with van der Waals surface area (Å²) < 4.78 is 5.02. The zero-order chi connectivity index (χ0) is 13.8. The van der Waals surface area contributed by atoms with Gasteiger partial charge in [-0.3, -0.25) is 9.59 Å². The second-order valence-electron chi connectivity index (χ2n) is 4.22. The maximum absolute atomic E-state index is 12.1. The van der Waals surface area contributed by atoms with Gasteiger partial charge in [-0.15, -0.1) is 0 Å². The van der Waals surface area contributed by atoms with Gasteiger partial charge in [0.2, 0.25) is 5.91 Å². The quantitative estimate of drug-likeness (QED) is 0.873. The molecule has 1 atom stereocenters. The van der Waals surface area contributed by atoms with Crippen LogP contribution in [-0.2, 0) is 9.53 Å². The fourth-order valence-corrected chi connectivity index (χ4v) is 1.79. The van der Waals surface area contributed by atoms with E-state index in [4.69, 9.17) is 4.74 Å². The smallest absolute Gasteiger partial charge is 0.417 e. The Bertz CT molecular complexity index is 501. The summed E-state index contributed by atoms with van der Waals surface area (Å²) in [6, 6.07) is 8.51. The number of imide groups is 1. The van der Waals surface area contributed by atoms with Gasteiger partial charge in [-0.25, -0.2) is 9.69 Å². The molecule has 1 fully saturated rings. The fourth-order valence-electron chi connectivity index (χ4n) is 1.79. The maximum Gasteiger partial charge on any atom is 0.417 e. The van der Waals surface area contributed by atoms with Crippen molar-refractivity contribution in [2.75, 3.05) is 13.1 Å². The molecular formula is C13H14N2O4. The highest BCUT2D eigenvalue weighted by molar-refractivity contribution is 6.03. The van der Waals surface area contributed by atoms with E-state index in [2.05, 4.69) is 5.32 Å². The number of hydrogen-bond donors (Lipinski definition) is 1. The van der Waals surface area contributed by atoms with Gasteiger partial charge in [0.05, 0.1) is 13.1 Å². The molecule has 100 valence electrons. The first-order chi connectivity index (χ1) is 9.08. The molecule has 0 saturated carbocycles. The molecule has 2 rings (SSSR count). The standard InChI is InChI=1S/C13H14N2O4/c1-9(16)14-7-11-8-15(13(18)19-11)12(17)10-5-3-2-4-6-10/h2-6,11H,7-8H2,1H3,(H,14,16). The van der Waals surface area contributed by atoms with Crippen molar-refractivity contribution in [3.05, 3.63) is 35.9 Å².